The second kappa shape index (κ2) is 4.65. The van der Waals surface area contributed by atoms with Crippen molar-refractivity contribution < 1.29 is 0 Å². The molecule has 0 spiro atoms. The van der Waals surface area contributed by atoms with Gasteiger partial charge in [-0.1, -0.05) is 0 Å². The van der Waals surface area contributed by atoms with Gasteiger partial charge in [0.05, 0.1) is 0 Å². The predicted octanol–water partition coefficient (Wildman–Crippen LogP) is 2.83. The van der Waals surface area contributed by atoms with E-state index in [4.69, 9.17) is 0 Å². The molecule has 1 aliphatic rings. The van der Waals surface area contributed by atoms with Gasteiger partial charge >= 0.3 is 0 Å². The third-order valence-electron chi connectivity index (χ3n) is 3.13. The summed E-state index contributed by atoms with van der Waals surface area (Å²) in [6.45, 7) is 0. The number of nitrogens with one attached hydrogen (secondary N) is 1. The van der Waals surface area contributed by atoms with Crippen molar-refractivity contribution in [1.82, 2.24) is 15.0 Å². The fourth-order valence-corrected chi connectivity index (χ4v) is 2.67. The average Bonchev–Trinajstić information content (AvgIpc) is 2.85. The maximum Gasteiger partial charge on any atom is 0.163 e. The third-order valence-corrected chi connectivity index (χ3v) is 3.57. The Labute approximate surface area is 114 Å². The van der Waals surface area contributed by atoms with Gasteiger partial charge in [-0.25, -0.2) is 9.97 Å². The highest BCUT2D eigenvalue weighted by Gasteiger charge is 2.19. The Morgan fingerprint density at radius 2 is 2.11 bits per heavy atom. The fraction of sp³-hybridized carbons (Fsp3) is 0.308. The second-order valence-electron chi connectivity index (χ2n) is 4.32. The lowest BCUT2D eigenvalue weighted by Crippen LogP contribution is -2.03. The van der Waals surface area contributed by atoms with Gasteiger partial charge in [0.25, 0.3) is 0 Å². The fourth-order valence-electron chi connectivity index (χ4n) is 2.30. The molecule has 92 valence electrons. The van der Waals surface area contributed by atoms with Gasteiger partial charge in [0, 0.05) is 40.7 Å². The van der Waals surface area contributed by atoms with Crippen LogP contribution in [0, 0.1) is 0 Å². The Bertz CT molecular complexity index is 598. The van der Waals surface area contributed by atoms with Crippen LogP contribution in [0.25, 0.3) is 11.4 Å². The van der Waals surface area contributed by atoms with E-state index in [0.29, 0.717) is 0 Å². The van der Waals surface area contributed by atoms with Gasteiger partial charge in [-0.2, -0.15) is 0 Å². The van der Waals surface area contributed by atoms with Crippen molar-refractivity contribution in [3.8, 4) is 11.4 Å². The standard InChI is InChI=1S/C13H13BrN4/c1-15-13-10-3-2-4-11(10)17-12(18-13)8-5-9(14)7-16-6-8/h5-7H,2-4H2,1H3,(H,15,17,18). The molecular formula is C13H13BrN4. The quantitative estimate of drug-likeness (QED) is 0.927. The minimum absolute atomic E-state index is 0.744. The van der Waals surface area contributed by atoms with Crippen LogP contribution in [0.1, 0.15) is 17.7 Å². The first-order valence-corrected chi connectivity index (χ1v) is 6.75. The van der Waals surface area contributed by atoms with E-state index in [0.717, 1.165) is 34.5 Å². The molecule has 0 saturated carbocycles. The van der Waals surface area contributed by atoms with Crippen LogP contribution >= 0.6 is 15.9 Å². The molecule has 0 saturated heterocycles. The van der Waals surface area contributed by atoms with E-state index >= 15 is 0 Å². The first kappa shape index (κ1) is 11.6. The van der Waals surface area contributed by atoms with E-state index in [1.165, 1.54) is 17.7 Å². The van der Waals surface area contributed by atoms with Crippen molar-refractivity contribution in [2.75, 3.05) is 12.4 Å². The monoisotopic (exact) mass is 304 g/mol. The molecule has 1 N–H and O–H groups in total. The minimum atomic E-state index is 0.744. The molecule has 2 aromatic heterocycles. The van der Waals surface area contributed by atoms with Crippen LogP contribution in [-0.2, 0) is 12.8 Å². The zero-order valence-electron chi connectivity index (χ0n) is 10.1. The maximum atomic E-state index is 4.66. The van der Waals surface area contributed by atoms with Crippen LogP contribution in [-0.4, -0.2) is 22.0 Å². The molecule has 4 nitrogen and oxygen atoms in total. The summed E-state index contributed by atoms with van der Waals surface area (Å²) >= 11 is 3.42. The molecule has 0 aromatic carbocycles. The molecule has 0 radical (unpaired) electrons. The molecule has 2 aromatic rings. The molecule has 0 aliphatic heterocycles. The largest absolute Gasteiger partial charge is 0.373 e. The number of halogens is 1. The molecule has 3 rings (SSSR count). The van der Waals surface area contributed by atoms with Crippen LogP contribution < -0.4 is 5.32 Å². The van der Waals surface area contributed by atoms with Crippen molar-refractivity contribution in [2.24, 2.45) is 0 Å². The summed E-state index contributed by atoms with van der Waals surface area (Å²) < 4.78 is 0.940. The molecule has 18 heavy (non-hydrogen) atoms. The summed E-state index contributed by atoms with van der Waals surface area (Å²) in [6.07, 6.45) is 6.83. The van der Waals surface area contributed by atoms with Crippen molar-refractivity contribution in [1.29, 1.82) is 0 Å². The number of aromatic nitrogens is 3. The molecule has 1 aliphatic carbocycles. The van der Waals surface area contributed by atoms with E-state index in [-0.39, 0.29) is 0 Å². The van der Waals surface area contributed by atoms with Crippen LogP contribution in [0.2, 0.25) is 0 Å². The summed E-state index contributed by atoms with van der Waals surface area (Å²) in [4.78, 5) is 13.4. The Hall–Kier alpha value is -1.49. The van der Waals surface area contributed by atoms with Gasteiger partial charge < -0.3 is 5.32 Å². The van der Waals surface area contributed by atoms with Gasteiger partial charge in [0.1, 0.15) is 5.82 Å². The zero-order valence-corrected chi connectivity index (χ0v) is 11.7. The number of hydrogen-bond donors (Lipinski definition) is 1. The van der Waals surface area contributed by atoms with Gasteiger partial charge in [-0.15, -0.1) is 0 Å². The molecule has 0 amide bonds. The Morgan fingerprint density at radius 3 is 2.89 bits per heavy atom. The van der Waals surface area contributed by atoms with Crippen molar-refractivity contribution >= 4 is 21.7 Å². The molecule has 2 heterocycles. The number of rotatable bonds is 2. The topological polar surface area (TPSA) is 50.7 Å². The lowest BCUT2D eigenvalue weighted by atomic mass is 10.2. The normalized spacial score (nSPS) is 13.4. The van der Waals surface area contributed by atoms with E-state index in [1.54, 1.807) is 12.4 Å². The van der Waals surface area contributed by atoms with Gasteiger partial charge in [-0.05, 0) is 41.3 Å². The number of aryl methyl sites for hydroxylation is 1. The number of pyridine rings is 1. The van der Waals surface area contributed by atoms with Crippen molar-refractivity contribution in [2.45, 2.75) is 19.3 Å². The predicted molar refractivity (Wildman–Crippen MR) is 74.5 cm³/mol. The van der Waals surface area contributed by atoms with Gasteiger partial charge in [0.2, 0.25) is 0 Å². The Kier molecular flexibility index (Phi) is 2.99. The van der Waals surface area contributed by atoms with E-state index in [1.807, 2.05) is 13.1 Å². The first-order valence-electron chi connectivity index (χ1n) is 5.96. The molecule has 5 heteroatoms. The molecule has 0 unspecified atom stereocenters. The number of hydrogen-bond acceptors (Lipinski definition) is 4. The zero-order chi connectivity index (χ0) is 12.5. The summed E-state index contributed by atoms with van der Waals surface area (Å²) in [6, 6.07) is 1.99. The van der Waals surface area contributed by atoms with E-state index < -0.39 is 0 Å². The van der Waals surface area contributed by atoms with E-state index in [9.17, 15) is 0 Å². The van der Waals surface area contributed by atoms with Gasteiger partial charge in [0.15, 0.2) is 5.82 Å². The van der Waals surface area contributed by atoms with E-state index in [2.05, 4.69) is 36.2 Å². The Morgan fingerprint density at radius 1 is 1.22 bits per heavy atom. The minimum Gasteiger partial charge on any atom is -0.373 e. The number of anilines is 1. The highest BCUT2D eigenvalue weighted by atomic mass is 79.9. The van der Waals surface area contributed by atoms with Crippen molar-refractivity contribution in [3.63, 3.8) is 0 Å². The van der Waals surface area contributed by atoms with Crippen LogP contribution in [0.5, 0.6) is 0 Å². The molecule has 0 fully saturated rings. The SMILES string of the molecule is CNc1nc(-c2cncc(Br)c2)nc2c1CCC2. The summed E-state index contributed by atoms with van der Waals surface area (Å²) in [5.41, 5.74) is 3.38. The van der Waals surface area contributed by atoms with Crippen molar-refractivity contribution in [3.05, 3.63) is 34.2 Å². The average molecular weight is 305 g/mol. The number of nitrogens with zero attached hydrogens (tertiary/aromatic N) is 3. The molecule has 0 bridgehead atoms. The Balaban J connectivity index is 2.13. The highest BCUT2D eigenvalue weighted by molar-refractivity contribution is 9.10. The van der Waals surface area contributed by atoms with Crippen LogP contribution in [0.15, 0.2) is 22.9 Å². The number of fused-ring (bicyclic) bond motifs is 1. The van der Waals surface area contributed by atoms with Crippen LogP contribution in [0.3, 0.4) is 0 Å². The smallest absolute Gasteiger partial charge is 0.163 e. The lowest BCUT2D eigenvalue weighted by molar-refractivity contribution is 0.900. The summed E-state index contributed by atoms with van der Waals surface area (Å²) in [5.74, 6) is 1.70. The second-order valence-corrected chi connectivity index (χ2v) is 5.23. The third kappa shape index (κ3) is 1.99. The van der Waals surface area contributed by atoms with Crippen LogP contribution in [0.4, 0.5) is 5.82 Å². The molecular weight excluding hydrogens is 292 g/mol. The van der Waals surface area contributed by atoms with Gasteiger partial charge in [-0.3, -0.25) is 4.98 Å². The first-order chi connectivity index (χ1) is 8.78. The molecule has 0 atom stereocenters. The highest BCUT2D eigenvalue weighted by Crippen LogP contribution is 2.29. The maximum absolute atomic E-state index is 4.66. The summed E-state index contributed by atoms with van der Waals surface area (Å²) in [7, 11) is 1.91. The summed E-state index contributed by atoms with van der Waals surface area (Å²) in [5, 5.41) is 3.17. The lowest BCUT2D eigenvalue weighted by Gasteiger charge is -2.09.